The Balaban J connectivity index is 2.97. The van der Waals surface area contributed by atoms with Gasteiger partial charge in [0.15, 0.2) is 0 Å². The molecule has 0 bridgehead atoms. The summed E-state index contributed by atoms with van der Waals surface area (Å²) in [6.45, 7) is 1.43. The minimum atomic E-state index is -0.900. The van der Waals surface area contributed by atoms with Gasteiger partial charge >= 0.3 is 0 Å². The fourth-order valence-corrected chi connectivity index (χ4v) is 2.29. The van der Waals surface area contributed by atoms with Gasteiger partial charge in [0, 0.05) is 20.6 Å². The summed E-state index contributed by atoms with van der Waals surface area (Å²) in [6, 6.07) is 0. The van der Waals surface area contributed by atoms with Crippen LogP contribution in [0.2, 0.25) is 0 Å². The zero-order valence-corrected chi connectivity index (χ0v) is 10.7. The average Bonchev–Trinajstić information content (AvgIpc) is 2.36. The number of carbonyl (C=O) groups excluding carboxylic acids is 3. The van der Waals surface area contributed by atoms with E-state index in [0.717, 1.165) is 0 Å². The van der Waals surface area contributed by atoms with Crippen LogP contribution in [0, 0.1) is 5.92 Å². The molecule has 1 fully saturated rings. The van der Waals surface area contributed by atoms with Crippen molar-refractivity contribution in [2.75, 3.05) is 14.2 Å². The molecule has 0 aromatic rings. The Morgan fingerprint density at radius 3 is 2.17 bits per heavy atom. The van der Waals surface area contributed by atoms with Crippen LogP contribution in [0.25, 0.3) is 0 Å². The highest BCUT2D eigenvalue weighted by molar-refractivity contribution is 5.76. The monoisotopic (exact) mass is 258 g/mol. The number of aldehydes is 2. The average molecular weight is 258 g/mol. The first-order valence-corrected chi connectivity index (χ1v) is 5.70. The minimum Gasteiger partial charge on any atom is -0.378 e. The summed E-state index contributed by atoms with van der Waals surface area (Å²) in [5.41, 5.74) is 0. The summed E-state index contributed by atoms with van der Waals surface area (Å²) in [4.78, 5) is 33.2. The second kappa shape index (κ2) is 6.72. The molecule has 0 spiro atoms. The highest BCUT2D eigenvalue weighted by atomic mass is 16.6. The van der Waals surface area contributed by atoms with E-state index in [1.165, 1.54) is 21.1 Å². The van der Waals surface area contributed by atoms with Gasteiger partial charge < -0.3 is 23.8 Å². The van der Waals surface area contributed by atoms with Crippen molar-refractivity contribution >= 4 is 18.4 Å². The van der Waals surface area contributed by atoms with E-state index >= 15 is 0 Å². The predicted molar refractivity (Wildman–Crippen MR) is 61.2 cm³/mol. The molecule has 1 aliphatic heterocycles. The Morgan fingerprint density at radius 2 is 1.78 bits per heavy atom. The van der Waals surface area contributed by atoms with Crippen LogP contribution in [0.3, 0.4) is 0 Å². The Bertz CT molecular complexity index is 316. The van der Waals surface area contributed by atoms with E-state index in [-0.39, 0.29) is 12.2 Å². The van der Waals surface area contributed by atoms with Crippen molar-refractivity contribution in [2.24, 2.45) is 5.92 Å². The van der Waals surface area contributed by atoms with E-state index in [9.17, 15) is 14.4 Å². The molecule has 0 saturated carbocycles. The number of Topliss-reactive ketones (excluding diaryl/α,β-unsaturated/α-hetero) is 1. The number of hydrogen-bond acceptors (Lipinski definition) is 6. The molecular formula is C12H18O6. The van der Waals surface area contributed by atoms with Crippen LogP contribution >= 0.6 is 0 Å². The van der Waals surface area contributed by atoms with Crippen molar-refractivity contribution in [2.45, 2.75) is 37.8 Å². The van der Waals surface area contributed by atoms with Gasteiger partial charge in [-0.25, -0.2) is 0 Å². The Hall–Kier alpha value is -1.11. The van der Waals surface area contributed by atoms with Crippen molar-refractivity contribution in [3.05, 3.63) is 0 Å². The second-order valence-electron chi connectivity index (χ2n) is 4.30. The number of ketones is 1. The van der Waals surface area contributed by atoms with Gasteiger partial charge in [-0.2, -0.15) is 0 Å². The summed E-state index contributed by atoms with van der Waals surface area (Å²) in [7, 11) is 2.89. The van der Waals surface area contributed by atoms with E-state index in [2.05, 4.69) is 0 Å². The SMILES string of the molecule is CO[C@H]1[C@H](C=O)C(C=O)OC(CC(C)=O)[C@@H]1OC. The Kier molecular flexibility index (Phi) is 5.58. The first kappa shape index (κ1) is 14.9. The summed E-state index contributed by atoms with van der Waals surface area (Å²) in [6.07, 6.45) is -1.32. The Morgan fingerprint density at radius 1 is 1.17 bits per heavy atom. The maximum Gasteiger partial charge on any atom is 0.149 e. The van der Waals surface area contributed by atoms with Crippen molar-refractivity contribution in [3.8, 4) is 0 Å². The molecule has 1 rings (SSSR count). The fraction of sp³-hybridized carbons (Fsp3) is 0.750. The highest BCUT2D eigenvalue weighted by Gasteiger charge is 2.46. The topological polar surface area (TPSA) is 78.9 Å². The van der Waals surface area contributed by atoms with Crippen LogP contribution in [-0.2, 0) is 28.6 Å². The number of ether oxygens (including phenoxy) is 3. The van der Waals surface area contributed by atoms with E-state index < -0.39 is 30.3 Å². The summed E-state index contributed by atoms with van der Waals surface area (Å²) < 4.78 is 16.0. The van der Waals surface area contributed by atoms with Gasteiger partial charge in [0.25, 0.3) is 0 Å². The van der Waals surface area contributed by atoms with E-state index in [1.807, 2.05) is 0 Å². The van der Waals surface area contributed by atoms with Crippen LogP contribution in [0.15, 0.2) is 0 Å². The molecule has 0 N–H and O–H groups in total. The van der Waals surface area contributed by atoms with Crippen LogP contribution in [0.1, 0.15) is 13.3 Å². The van der Waals surface area contributed by atoms with Gasteiger partial charge in [-0.1, -0.05) is 0 Å². The molecule has 1 aliphatic rings. The van der Waals surface area contributed by atoms with Crippen LogP contribution in [0.4, 0.5) is 0 Å². The molecule has 0 aromatic carbocycles. The van der Waals surface area contributed by atoms with Crippen molar-refractivity contribution in [1.29, 1.82) is 0 Å². The molecule has 1 saturated heterocycles. The Labute approximate surface area is 106 Å². The zero-order valence-electron chi connectivity index (χ0n) is 10.7. The molecule has 102 valence electrons. The summed E-state index contributed by atoms with van der Waals surface area (Å²) >= 11 is 0. The molecule has 6 heteroatoms. The van der Waals surface area contributed by atoms with Crippen LogP contribution < -0.4 is 0 Å². The van der Waals surface area contributed by atoms with E-state index in [4.69, 9.17) is 14.2 Å². The van der Waals surface area contributed by atoms with Crippen molar-refractivity contribution in [3.63, 3.8) is 0 Å². The lowest BCUT2D eigenvalue weighted by molar-refractivity contribution is -0.207. The number of hydrogen-bond donors (Lipinski definition) is 0. The van der Waals surface area contributed by atoms with Gasteiger partial charge in [-0.15, -0.1) is 0 Å². The van der Waals surface area contributed by atoms with Crippen LogP contribution in [-0.4, -0.2) is 57.0 Å². The highest BCUT2D eigenvalue weighted by Crippen LogP contribution is 2.29. The predicted octanol–water partition coefficient (Wildman–Crippen LogP) is -0.223. The van der Waals surface area contributed by atoms with Crippen LogP contribution in [0.5, 0.6) is 0 Å². The molecule has 2 unspecified atom stereocenters. The molecule has 5 atom stereocenters. The molecule has 0 amide bonds. The van der Waals surface area contributed by atoms with Gasteiger partial charge in [0.05, 0.1) is 18.1 Å². The molecule has 0 aromatic heterocycles. The minimum absolute atomic E-state index is 0.0777. The quantitative estimate of drug-likeness (QED) is 0.613. The normalized spacial score (nSPS) is 36.1. The maximum absolute atomic E-state index is 11.2. The molecular weight excluding hydrogens is 240 g/mol. The molecule has 6 nitrogen and oxygen atoms in total. The lowest BCUT2D eigenvalue weighted by atomic mass is 9.86. The first-order chi connectivity index (χ1) is 8.58. The third kappa shape index (κ3) is 3.01. The number of rotatable bonds is 6. The van der Waals surface area contributed by atoms with Crippen molar-refractivity contribution < 1.29 is 28.6 Å². The molecule has 0 radical (unpaired) electrons. The fourth-order valence-electron chi connectivity index (χ4n) is 2.29. The number of methoxy groups -OCH3 is 2. The van der Waals surface area contributed by atoms with Gasteiger partial charge in [-0.05, 0) is 6.92 Å². The smallest absolute Gasteiger partial charge is 0.149 e. The lowest BCUT2D eigenvalue weighted by Crippen LogP contribution is -2.57. The molecule has 18 heavy (non-hydrogen) atoms. The summed E-state index contributed by atoms with van der Waals surface area (Å²) in [5, 5.41) is 0. The number of carbonyl (C=O) groups is 3. The second-order valence-corrected chi connectivity index (χ2v) is 4.30. The third-order valence-corrected chi connectivity index (χ3v) is 3.11. The van der Waals surface area contributed by atoms with E-state index in [0.29, 0.717) is 12.6 Å². The summed E-state index contributed by atoms with van der Waals surface area (Å²) in [5.74, 6) is -0.799. The molecule has 0 aliphatic carbocycles. The van der Waals surface area contributed by atoms with Gasteiger partial charge in [0.2, 0.25) is 0 Å². The largest absolute Gasteiger partial charge is 0.378 e. The van der Waals surface area contributed by atoms with Crippen molar-refractivity contribution in [1.82, 2.24) is 0 Å². The lowest BCUT2D eigenvalue weighted by Gasteiger charge is -2.42. The van der Waals surface area contributed by atoms with Gasteiger partial charge in [-0.3, -0.25) is 4.79 Å². The van der Waals surface area contributed by atoms with Gasteiger partial charge in [0.1, 0.15) is 30.6 Å². The molecule has 1 heterocycles. The zero-order chi connectivity index (χ0) is 13.7. The first-order valence-electron chi connectivity index (χ1n) is 5.70. The third-order valence-electron chi connectivity index (χ3n) is 3.11. The standard InChI is InChI=1S/C12H18O6/c1-7(15)4-9-12(17-3)11(16-2)8(5-13)10(6-14)18-9/h5-6,8-12H,4H2,1-3H3/t8-,9?,10?,11+,12+/m1/s1. The van der Waals surface area contributed by atoms with E-state index in [1.54, 1.807) is 0 Å². The maximum atomic E-state index is 11.2.